The van der Waals surface area contributed by atoms with Gasteiger partial charge in [0.2, 0.25) is 10.0 Å². The normalized spacial score (nSPS) is 16.7. The van der Waals surface area contributed by atoms with Gasteiger partial charge in [0.05, 0.1) is 22.1 Å². The summed E-state index contributed by atoms with van der Waals surface area (Å²) in [4.78, 5) is 24.2. The molecule has 172 valence electrons. The van der Waals surface area contributed by atoms with Crippen molar-refractivity contribution in [2.45, 2.75) is 30.0 Å². The number of sulfonamides is 1. The molecule has 0 amide bonds. The Kier molecular flexibility index (Phi) is 7.32. The van der Waals surface area contributed by atoms with Gasteiger partial charge in [-0.25, -0.2) is 17.9 Å². The van der Waals surface area contributed by atoms with Crippen molar-refractivity contribution in [2.75, 3.05) is 19.8 Å². The number of hydrogen-bond donors (Lipinski definition) is 1. The van der Waals surface area contributed by atoms with E-state index in [4.69, 9.17) is 9.47 Å². The number of ketones is 1. The lowest BCUT2D eigenvalue weighted by molar-refractivity contribution is -0.137. The minimum Gasteiger partial charge on any atom is -0.454 e. The smallest absolute Gasteiger partial charge is 0.416 e. The van der Waals surface area contributed by atoms with Crippen LogP contribution < -0.4 is 4.72 Å². The molecule has 2 aromatic rings. The number of alkyl halides is 3. The van der Waals surface area contributed by atoms with Crippen molar-refractivity contribution < 1.29 is 40.7 Å². The first-order valence-corrected chi connectivity index (χ1v) is 11.1. The quantitative estimate of drug-likeness (QED) is 0.469. The van der Waals surface area contributed by atoms with E-state index in [1.54, 1.807) is 0 Å². The van der Waals surface area contributed by atoms with E-state index in [-0.39, 0.29) is 28.7 Å². The van der Waals surface area contributed by atoms with Crippen LogP contribution in [0.25, 0.3) is 0 Å². The highest BCUT2D eigenvalue weighted by Gasteiger charge is 2.31. The fourth-order valence-corrected chi connectivity index (χ4v) is 4.09. The maximum Gasteiger partial charge on any atom is 0.416 e. The van der Waals surface area contributed by atoms with E-state index in [9.17, 15) is 31.2 Å². The number of rotatable bonds is 8. The number of carbonyl (C=O) groups excluding carboxylic acids is 2. The van der Waals surface area contributed by atoms with Gasteiger partial charge in [-0.1, -0.05) is 12.1 Å². The Morgan fingerprint density at radius 1 is 1.09 bits per heavy atom. The van der Waals surface area contributed by atoms with Crippen LogP contribution in [-0.4, -0.2) is 46.0 Å². The van der Waals surface area contributed by atoms with Gasteiger partial charge in [0.25, 0.3) is 0 Å². The van der Waals surface area contributed by atoms with Crippen molar-refractivity contribution in [1.29, 1.82) is 0 Å². The van der Waals surface area contributed by atoms with Crippen molar-refractivity contribution in [3.8, 4) is 0 Å². The number of ether oxygens (including phenoxy) is 2. The summed E-state index contributed by atoms with van der Waals surface area (Å²) in [5.74, 6) is -1.72. The summed E-state index contributed by atoms with van der Waals surface area (Å²) in [5.41, 5.74) is -1.24. The highest BCUT2D eigenvalue weighted by atomic mass is 32.2. The van der Waals surface area contributed by atoms with Crippen molar-refractivity contribution in [3.63, 3.8) is 0 Å². The molecule has 1 atom stereocenters. The molecule has 0 bridgehead atoms. The molecule has 1 unspecified atom stereocenters. The summed E-state index contributed by atoms with van der Waals surface area (Å²) in [7, 11) is -3.80. The molecular weight excluding hydrogens is 451 g/mol. The number of benzene rings is 2. The van der Waals surface area contributed by atoms with E-state index in [1.165, 1.54) is 30.3 Å². The van der Waals surface area contributed by atoms with E-state index in [0.29, 0.717) is 12.7 Å². The number of halogens is 3. The van der Waals surface area contributed by atoms with Crippen molar-refractivity contribution in [3.05, 3.63) is 65.2 Å². The third-order valence-corrected chi connectivity index (χ3v) is 6.21. The van der Waals surface area contributed by atoms with E-state index >= 15 is 0 Å². The summed E-state index contributed by atoms with van der Waals surface area (Å²) in [6, 6.07) is 8.65. The van der Waals surface area contributed by atoms with Crippen molar-refractivity contribution in [2.24, 2.45) is 0 Å². The Bertz CT molecular complexity index is 1080. The Balaban J connectivity index is 1.57. The molecule has 1 aliphatic rings. The van der Waals surface area contributed by atoms with Gasteiger partial charge in [-0.15, -0.1) is 0 Å². The van der Waals surface area contributed by atoms with Crippen LogP contribution in [0.5, 0.6) is 0 Å². The highest BCUT2D eigenvalue weighted by molar-refractivity contribution is 7.89. The standard InChI is InChI=1S/C21H20F3NO6S/c22-21(23,24)16-4-1-3-15(11-16)19(26)13-31-20(27)14-6-8-18(9-7-14)32(28,29)25-12-17-5-2-10-30-17/h1,3-4,6-9,11,17,25H,2,5,10,12-13H2. The second-order valence-corrected chi connectivity index (χ2v) is 8.86. The molecule has 1 heterocycles. The molecule has 0 spiro atoms. The largest absolute Gasteiger partial charge is 0.454 e. The number of Topliss-reactive ketones (excluding diaryl/α,β-unsaturated/α-hetero) is 1. The lowest BCUT2D eigenvalue weighted by Crippen LogP contribution is -2.31. The molecule has 0 aromatic heterocycles. The molecule has 1 fully saturated rings. The SMILES string of the molecule is O=C(COC(=O)c1ccc(S(=O)(=O)NCC2CCCO2)cc1)c1cccc(C(F)(F)F)c1. The Hall–Kier alpha value is -2.76. The van der Waals surface area contributed by atoms with Gasteiger partial charge >= 0.3 is 12.1 Å². The third kappa shape index (κ3) is 6.15. The van der Waals surface area contributed by atoms with Crippen LogP contribution in [0.3, 0.4) is 0 Å². The zero-order valence-corrected chi connectivity index (χ0v) is 17.5. The molecule has 1 saturated heterocycles. The predicted molar refractivity (Wildman–Crippen MR) is 107 cm³/mol. The molecule has 7 nitrogen and oxygen atoms in total. The van der Waals surface area contributed by atoms with Gasteiger partial charge in [-0.2, -0.15) is 13.2 Å². The summed E-state index contributed by atoms with van der Waals surface area (Å²) < 4.78 is 75.6. The van der Waals surface area contributed by atoms with E-state index in [1.807, 2.05) is 0 Å². The van der Waals surface area contributed by atoms with Crippen LogP contribution in [0.2, 0.25) is 0 Å². The topological polar surface area (TPSA) is 98.8 Å². The van der Waals surface area contributed by atoms with Gasteiger partial charge in [-0.3, -0.25) is 4.79 Å². The van der Waals surface area contributed by atoms with Crippen molar-refractivity contribution >= 4 is 21.8 Å². The van der Waals surface area contributed by atoms with Crippen LogP contribution in [0.15, 0.2) is 53.4 Å². The molecule has 0 saturated carbocycles. The zero-order chi connectivity index (χ0) is 23.4. The molecule has 1 N–H and O–H groups in total. The van der Waals surface area contributed by atoms with Crippen LogP contribution in [0.4, 0.5) is 13.2 Å². The van der Waals surface area contributed by atoms with Crippen LogP contribution in [-0.2, 0) is 25.7 Å². The van der Waals surface area contributed by atoms with Gasteiger partial charge in [0.15, 0.2) is 12.4 Å². The maximum atomic E-state index is 12.8. The highest BCUT2D eigenvalue weighted by Crippen LogP contribution is 2.29. The average Bonchev–Trinajstić information content (AvgIpc) is 3.29. The van der Waals surface area contributed by atoms with E-state index in [2.05, 4.69) is 4.72 Å². The van der Waals surface area contributed by atoms with Gasteiger partial charge in [-0.05, 0) is 49.2 Å². The molecule has 0 radical (unpaired) electrons. The molecule has 0 aliphatic carbocycles. The van der Waals surface area contributed by atoms with E-state index < -0.39 is 40.1 Å². The van der Waals surface area contributed by atoms with Gasteiger partial charge < -0.3 is 9.47 Å². The van der Waals surface area contributed by atoms with E-state index in [0.717, 1.165) is 25.0 Å². The number of esters is 1. The second kappa shape index (κ2) is 9.80. The minimum absolute atomic E-state index is 0.0140. The van der Waals surface area contributed by atoms with Crippen molar-refractivity contribution in [1.82, 2.24) is 4.72 Å². The first-order chi connectivity index (χ1) is 15.1. The minimum atomic E-state index is -4.60. The Morgan fingerprint density at radius 2 is 1.81 bits per heavy atom. The Morgan fingerprint density at radius 3 is 2.44 bits per heavy atom. The number of carbonyl (C=O) groups is 2. The first kappa shape index (κ1) is 23.9. The van der Waals surface area contributed by atoms with Crippen LogP contribution in [0, 0.1) is 0 Å². The van der Waals surface area contributed by atoms with Crippen LogP contribution >= 0.6 is 0 Å². The zero-order valence-electron chi connectivity index (χ0n) is 16.7. The Labute approximate surface area is 182 Å². The molecule has 2 aromatic carbocycles. The number of hydrogen-bond acceptors (Lipinski definition) is 6. The lowest BCUT2D eigenvalue weighted by atomic mass is 10.1. The summed E-state index contributed by atoms with van der Waals surface area (Å²) >= 11 is 0. The summed E-state index contributed by atoms with van der Waals surface area (Å²) in [6.45, 7) is -0.0214. The molecule has 32 heavy (non-hydrogen) atoms. The maximum absolute atomic E-state index is 12.8. The number of nitrogens with one attached hydrogen (secondary N) is 1. The second-order valence-electron chi connectivity index (χ2n) is 7.09. The molecular formula is C21H20F3NO6S. The summed E-state index contributed by atoms with van der Waals surface area (Å²) in [6.07, 6.45) is -3.13. The fraction of sp³-hybridized carbons (Fsp3) is 0.333. The third-order valence-electron chi connectivity index (χ3n) is 4.77. The fourth-order valence-electron chi connectivity index (χ4n) is 3.03. The molecule has 1 aliphatic heterocycles. The monoisotopic (exact) mass is 471 g/mol. The first-order valence-electron chi connectivity index (χ1n) is 9.65. The van der Waals surface area contributed by atoms with Crippen LogP contribution in [0.1, 0.15) is 39.1 Å². The summed E-state index contributed by atoms with van der Waals surface area (Å²) in [5, 5.41) is 0. The predicted octanol–water partition coefficient (Wildman–Crippen LogP) is 3.20. The average molecular weight is 471 g/mol. The van der Waals surface area contributed by atoms with Gasteiger partial charge in [0, 0.05) is 18.7 Å². The van der Waals surface area contributed by atoms with Gasteiger partial charge in [0.1, 0.15) is 0 Å². The lowest BCUT2D eigenvalue weighted by Gasteiger charge is -2.11. The molecule has 11 heteroatoms. The molecule has 3 rings (SSSR count).